The van der Waals surface area contributed by atoms with Gasteiger partial charge in [-0.2, -0.15) is 0 Å². The molecule has 0 radical (unpaired) electrons. The van der Waals surface area contributed by atoms with Gasteiger partial charge >= 0.3 is 0 Å². The highest BCUT2D eigenvalue weighted by molar-refractivity contribution is 4.85. The number of piperidine rings is 1. The monoisotopic (exact) mass is 214 g/mol. The van der Waals surface area contributed by atoms with E-state index in [1.165, 1.54) is 25.9 Å². The van der Waals surface area contributed by atoms with E-state index in [1.807, 2.05) is 7.05 Å². The quantitative estimate of drug-likeness (QED) is 0.715. The van der Waals surface area contributed by atoms with E-state index in [2.05, 4.69) is 24.2 Å². The van der Waals surface area contributed by atoms with E-state index < -0.39 is 0 Å². The molecule has 0 aromatic rings. The van der Waals surface area contributed by atoms with Gasteiger partial charge in [-0.15, -0.1) is 0 Å². The van der Waals surface area contributed by atoms with Gasteiger partial charge in [0.1, 0.15) is 0 Å². The van der Waals surface area contributed by atoms with Crippen LogP contribution in [0.15, 0.2) is 0 Å². The number of nitrogens with one attached hydrogen (secondary N) is 1. The van der Waals surface area contributed by atoms with Crippen LogP contribution in [0.1, 0.15) is 26.2 Å². The Morgan fingerprint density at radius 1 is 1.53 bits per heavy atom. The van der Waals surface area contributed by atoms with E-state index in [1.54, 1.807) is 0 Å². The predicted molar refractivity (Wildman–Crippen MR) is 63.9 cm³/mol. The third kappa shape index (κ3) is 3.44. The van der Waals surface area contributed by atoms with Crippen molar-refractivity contribution in [3.05, 3.63) is 0 Å². The van der Waals surface area contributed by atoms with Gasteiger partial charge in [-0.1, -0.05) is 6.92 Å². The molecule has 0 saturated carbocycles. The van der Waals surface area contributed by atoms with Crippen LogP contribution in [0.25, 0.3) is 0 Å². The summed E-state index contributed by atoms with van der Waals surface area (Å²) in [7, 11) is 4.22. The Bertz CT molecular complexity index is 171. The Labute approximate surface area is 93.9 Å². The normalized spacial score (nSPS) is 27.6. The molecule has 0 bridgehead atoms. The van der Waals surface area contributed by atoms with Gasteiger partial charge in [-0.25, -0.2) is 0 Å². The van der Waals surface area contributed by atoms with Crippen molar-refractivity contribution >= 4 is 0 Å². The van der Waals surface area contributed by atoms with Gasteiger partial charge in [0.2, 0.25) is 0 Å². The molecule has 0 aliphatic carbocycles. The number of aliphatic hydroxyl groups is 1. The lowest BCUT2D eigenvalue weighted by atomic mass is 9.82. The van der Waals surface area contributed by atoms with Crippen molar-refractivity contribution in [3.8, 4) is 0 Å². The zero-order chi connectivity index (χ0) is 11.3. The van der Waals surface area contributed by atoms with Gasteiger partial charge in [0.25, 0.3) is 0 Å². The number of aliphatic hydroxyl groups excluding tert-OH is 1. The predicted octanol–water partition coefficient (Wildman–Crippen LogP) is 0.935. The molecular formula is C12H26N2O. The van der Waals surface area contributed by atoms with Crippen LogP contribution in [0.3, 0.4) is 0 Å². The third-order valence-electron chi connectivity index (χ3n) is 3.77. The van der Waals surface area contributed by atoms with Crippen molar-refractivity contribution in [2.75, 3.05) is 33.8 Å². The first-order chi connectivity index (χ1) is 7.22. The van der Waals surface area contributed by atoms with E-state index in [9.17, 15) is 5.11 Å². The molecule has 3 atom stereocenters. The second kappa shape index (κ2) is 6.46. The molecule has 1 aliphatic heterocycles. The zero-order valence-electron chi connectivity index (χ0n) is 10.4. The van der Waals surface area contributed by atoms with Crippen molar-refractivity contribution in [2.45, 2.75) is 32.2 Å². The first-order valence-corrected chi connectivity index (χ1v) is 6.19. The van der Waals surface area contributed by atoms with Crippen LogP contribution < -0.4 is 5.32 Å². The molecule has 0 aromatic carbocycles. The Morgan fingerprint density at radius 3 is 2.73 bits per heavy atom. The Balaban J connectivity index is 2.55. The molecule has 1 fully saturated rings. The fourth-order valence-electron chi connectivity index (χ4n) is 2.85. The van der Waals surface area contributed by atoms with Gasteiger partial charge < -0.3 is 15.3 Å². The van der Waals surface area contributed by atoms with E-state index in [4.69, 9.17) is 0 Å². The van der Waals surface area contributed by atoms with E-state index in [0.29, 0.717) is 24.5 Å². The highest BCUT2D eigenvalue weighted by Crippen LogP contribution is 2.24. The lowest BCUT2D eigenvalue weighted by molar-refractivity contribution is 0.112. The summed E-state index contributed by atoms with van der Waals surface area (Å²) in [5.74, 6) is 1.11. The van der Waals surface area contributed by atoms with Gasteiger partial charge in [-0.05, 0) is 51.7 Å². The molecule has 2 N–H and O–H groups in total. The Morgan fingerprint density at radius 2 is 2.27 bits per heavy atom. The van der Waals surface area contributed by atoms with Crippen LogP contribution in [0.2, 0.25) is 0 Å². The maximum atomic E-state index is 9.37. The van der Waals surface area contributed by atoms with Gasteiger partial charge in [0.15, 0.2) is 0 Å². The van der Waals surface area contributed by atoms with Crippen LogP contribution in [0.4, 0.5) is 0 Å². The summed E-state index contributed by atoms with van der Waals surface area (Å²) in [5, 5.41) is 12.8. The van der Waals surface area contributed by atoms with E-state index in [0.717, 1.165) is 6.42 Å². The average Bonchev–Trinajstić information content (AvgIpc) is 2.25. The molecule has 90 valence electrons. The van der Waals surface area contributed by atoms with Crippen molar-refractivity contribution in [3.63, 3.8) is 0 Å². The largest absolute Gasteiger partial charge is 0.396 e. The lowest BCUT2D eigenvalue weighted by Gasteiger charge is -2.38. The third-order valence-corrected chi connectivity index (χ3v) is 3.77. The number of nitrogens with zero attached hydrogens (tertiary/aromatic N) is 1. The van der Waals surface area contributed by atoms with Crippen molar-refractivity contribution in [2.24, 2.45) is 11.8 Å². The Hall–Kier alpha value is -0.120. The summed E-state index contributed by atoms with van der Waals surface area (Å²) in [6, 6.07) is 0.475. The summed E-state index contributed by atoms with van der Waals surface area (Å²) < 4.78 is 0. The molecule has 0 aromatic heterocycles. The van der Waals surface area contributed by atoms with Crippen LogP contribution >= 0.6 is 0 Å². The second-order valence-electron chi connectivity index (χ2n) is 4.83. The maximum absolute atomic E-state index is 9.37. The van der Waals surface area contributed by atoms with Gasteiger partial charge in [0.05, 0.1) is 0 Å². The summed E-state index contributed by atoms with van der Waals surface area (Å²) >= 11 is 0. The lowest BCUT2D eigenvalue weighted by Crippen LogP contribution is -2.48. The molecule has 1 saturated heterocycles. The minimum atomic E-state index is 0.308. The molecule has 3 nitrogen and oxygen atoms in total. The average molecular weight is 214 g/mol. The van der Waals surface area contributed by atoms with E-state index >= 15 is 0 Å². The standard InChI is InChI=1S/C12H26N2O/c1-4-10(9-15)12(13-2)11-6-5-7-14(3)8-11/h10-13,15H,4-9H2,1-3H3. The molecule has 15 heavy (non-hydrogen) atoms. The topological polar surface area (TPSA) is 35.5 Å². The zero-order valence-corrected chi connectivity index (χ0v) is 10.4. The van der Waals surface area contributed by atoms with Crippen molar-refractivity contribution in [1.82, 2.24) is 10.2 Å². The summed E-state index contributed by atoms with van der Waals surface area (Å²) in [5.41, 5.74) is 0. The molecule has 1 heterocycles. The smallest absolute Gasteiger partial charge is 0.0474 e. The fourth-order valence-corrected chi connectivity index (χ4v) is 2.85. The van der Waals surface area contributed by atoms with Gasteiger partial charge in [-0.3, -0.25) is 0 Å². The van der Waals surface area contributed by atoms with Crippen molar-refractivity contribution in [1.29, 1.82) is 0 Å². The summed E-state index contributed by atoms with van der Waals surface area (Å²) in [4.78, 5) is 2.41. The molecule has 3 unspecified atom stereocenters. The number of hydrogen-bond acceptors (Lipinski definition) is 3. The fraction of sp³-hybridized carbons (Fsp3) is 1.00. The first-order valence-electron chi connectivity index (χ1n) is 6.19. The molecule has 0 spiro atoms. The number of hydrogen-bond donors (Lipinski definition) is 2. The van der Waals surface area contributed by atoms with Crippen LogP contribution in [-0.2, 0) is 0 Å². The summed E-state index contributed by atoms with van der Waals surface area (Å²) in [6.07, 6.45) is 3.65. The summed E-state index contributed by atoms with van der Waals surface area (Å²) in [6.45, 7) is 4.87. The van der Waals surface area contributed by atoms with Crippen molar-refractivity contribution < 1.29 is 5.11 Å². The SMILES string of the molecule is CCC(CO)C(NC)C1CCCN(C)C1. The minimum Gasteiger partial charge on any atom is -0.396 e. The maximum Gasteiger partial charge on any atom is 0.0474 e. The minimum absolute atomic E-state index is 0.308. The number of likely N-dealkylation sites (tertiary alicyclic amines) is 1. The van der Waals surface area contributed by atoms with Crippen LogP contribution in [0.5, 0.6) is 0 Å². The molecule has 3 heteroatoms. The van der Waals surface area contributed by atoms with E-state index in [-0.39, 0.29) is 0 Å². The highest BCUT2D eigenvalue weighted by Gasteiger charge is 2.29. The Kier molecular flexibility index (Phi) is 5.58. The molecule has 0 amide bonds. The number of rotatable bonds is 5. The molecular weight excluding hydrogens is 188 g/mol. The van der Waals surface area contributed by atoms with Gasteiger partial charge in [0, 0.05) is 19.2 Å². The first kappa shape index (κ1) is 12.9. The molecule has 1 rings (SSSR count). The van der Waals surface area contributed by atoms with Crippen LogP contribution in [0, 0.1) is 11.8 Å². The highest BCUT2D eigenvalue weighted by atomic mass is 16.3. The second-order valence-corrected chi connectivity index (χ2v) is 4.83. The van der Waals surface area contributed by atoms with Crippen LogP contribution in [-0.4, -0.2) is 49.8 Å². The molecule has 1 aliphatic rings.